The molecule has 1 unspecified atom stereocenters. The number of benzene rings is 1. The molecule has 100 valence electrons. The second kappa shape index (κ2) is 4.61. The molecule has 2 heterocycles. The van der Waals surface area contributed by atoms with Crippen molar-refractivity contribution in [3.05, 3.63) is 22.7 Å². The molecule has 6 heteroatoms. The number of anilines is 2. The molecular formula is C13H14BrN3O2. The maximum Gasteiger partial charge on any atom is 0.251 e. The zero-order chi connectivity index (χ0) is 13.6. The summed E-state index contributed by atoms with van der Waals surface area (Å²) >= 11 is 3.48. The van der Waals surface area contributed by atoms with E-state index >= 15 is 0 Å². The molecule has 1 fully saturated rings. The Bertz CT molecular complexity index is 561. The van der Waals surface area contributed by atoms with Crippen molar-refractivity contribution in [3.8, 4) is 0 Å². The Morgan fingerprint density at radius 1 is 1.42 bits per heavy atom. The minimum absolute atomic E-state index is 0.0255. The minimum Gasteiger partial charge on any atom is -0.308 e. The number of amides is 2. The molecule has 3 rings (SSSR count). The van der Waals surface area contributed by atoms with Gasteiger partial charge in [-0.2, -0.15) is 0 Å². The van der Waals surface area contributed by atoms with E-state index in [2.05, 4.69) is 21.2 Å². The Morgan fingerprint density at radius 3 is 2.95 bits per heavy atom. The Labute approximate surface area is 119 Å². The fraction of sp³-hybridized carbons (Fsp3) is 0.385. The Morgan fingerprint density at radius 2 is 2.21 bits per heavy atom. The van der Waals surface area contributed by atoms with Crippen LogP contribution in [0.4, 0.5) is 11.4 Å². The van der Waals surface area contributed by atoms with Crippen molar-refractivity contribution in [1.29, 1.82) is 0 Å². The fourth-order valence-electron chi connectivity index (χ4n) is 2.74. The minimum atomic E-state index is -0.428. The maximum absolute atomic E-state index is 12.5. The number of hydrogen-bond acceptors (Lipinski definition) is 3. The summed E-state index contributed by atoms with van der Waals surface area (Å²) in [4.78, 5) is 28.0. The molecule has 1 aromatic rings. The van der Waals surface area contributed by atoms with Crippen LogP contribution in [0.5, 0.6) is 0 Å². The van der Waals surface area contributed by atoms with Gasteiger partial charge in [-0.1, -0.05) is 6.07 Å². The zero-order valence-electron chi connectivity index (χ0n) is 10.5. The van der Waals surface area contributed by atoms with E-state index in [4.69, 9.17) is 0 Å². The summed E-state index contributed by atoms with van der Waals surface area (Å²) < 4.78 is 0.838. The number of halogens is 1. The van der Waals surface area contributed by atoms with Crippen LogP contribution in [-0.2, 0) is 9.59 Å². The van der Waals surface area contributed by atoms with Crippen LogP contribution >= 0.6 is 15.9 Å². The van der Waals surface area contributed by atoms with Gasteiger partial charge in [0.05, 0.1) is 17.9 Å². The van der Waals surface area contributed by atoms with E-state index in [9.17, 15) is 9.59 Å². The quantitative estimate of drug-likeness (QED) is 0.842. The Kier molecular flexibility index (Phi) is 3.06. The predicted molar refractivity (Wildman–Crippen MR) is 76.3 cm³/mol. The lowest BCUT2D eigenvalue weighted by Crippen LogP contribution is -2.64. The van der Waals surface area contributed by atoms with Crippen LogP contribution in [0.25, 0.3) is 0 Å². The molecule has 0 bridgehead atoms. The van der Waals surface area contributed by atoms with Gasteiger partial charge in [0.15, 0.2) is 0 Å². The summed E-state index contributed by atoms with van der Waals surface area (Å²) in [6.07, 6.45) is 0. The van der Waals surface area contributed by atoms with Gasteiger partial charge in [0.1, 0.15) is 6.04 Å². The third-order valence-electron chi connectivity index (χ3n) is 3.56. The van der Waals surface area contributed by atoms with Gasteiger partial charge in [-0.3, -0.25) is 14.5 Å². The number of likely N-dealkylation sites (N-methyl/N-ethyl adjacent to an activating group) is 1. The number of hydrogen-bond donors (Lipinski definition) is 1. The number of piperazine rings is 1. The molecule has 2 amide bonds. The summed E-state index contributed by atoms with van der Waals surface area (Å²) in [5.41, 5.74) is 1.61. The molecule has 0 spiro atoms. The largest absolute Gasteiger partial charge is 0.308 e. The molecule has 1 atom stereocenters. The van der Waals surface area contributed by atoms with Gasteiger partial charge in [-0.15, -0.1) is 0 Å². The van der Waals surface area contributed by atoms with Gasteiger partial charge in [0, 0.05) is 17.6 Å². The van der Waals surface area contributed by atoms with Gasteiger partial charge >= 0.3 is 0 Å². The monoisotopic (exact) mass is 323 g/mol. The molecule has 1 aromatic carbocycles. The molecule has 0 aliphatic carbocycles. The van der Waals surface area contributed by atoms with E-state index in [0.29, 0.717) is 13.1 Å². The molecule has 0 aromatic heterocycles. The van der Waals surface area contributed by atoms with Crippen LogP contribution < -0.4 is 15.1 Å². The number of nitrogens with zero attached hydrogens (tertiary/aromatic N) is 2. The standard InChI is InChI=1S/C13H14BrN3O2/c1-2-16-12-8(14)4-3-5-9(12)17-10(13(16)19)6-15-7-11(17)18/h3-5,10,15H,2,6-7H2,1H3. The van der Waals surface area contributed by atoms with Gasteiger partial charge in [-0.25, -0.2) is 0 Å². The highest BCUT2D eigenvalue weighted by Gasteiger charge is 2.43. The third-order valence-corrected chi connectivity index (χ3v) is 4.20. The summed E-state index contributed by atoms with van der Waals surface area (Å²) in [6, 6.07) is 5.24. The predicted octanol–water partition coefficient (Wildman–Crippen LogP) is 1.12. The van der Waals surface area contributed by atoms with Gasteiger partial charge < -0.3 is 10.2 Å². The summed E-state index contributed by atoms with van der Waals surface area (Å²) in [6.45, 7) is 3.32. The maximum atomic E-state index is 12.5. The van der Waals surface area contributed by atoms with Crippen LogP contribution in [0.1, 0.15) is 6.92 Å². The van der Waals surface area contributed by atoms with E-state index in [-0.39, 0.29) is 18.4 Å². The van der Waals surface area contributed by atoms with Crippen molar-refractivity contribution in [3.63, 3.8) is 0 Å². The van der Waals surface area contributed by atoms with Crippen molar-refractivity contribution in [1.82, 2.24) is 5.32 Å². The highest BCUT2D eigenvalue weighted by molar-refractivity contribution is 9.10. The van der Waals surface area contributed by atoms with Crippen LogP contribution in [0.15, 0.2) is 22.7 Å². The number of para-hydroxylation sites is 1. The molecule has 19 heavy (non-hydrogen) atoms. The number of rotatable bonds is 1. The number of nitrogens with one attached hydrogen (secondary N) is 1. The first-order chi connectivity index (χ1) is 9.15. The van der Waals surface area contributed by atoms with Gasteiger partial charge in [-0.05, 0) is 35.0 Å². The number of carbonyl (C=O) groups is 2. The molecule has 0 saturated carbocycles. The highest BCUT2D eigenvalue weighted by atomic mass is 79.9. The molecule has 1 N–H and O–H groups in total. The van der Waals surface area contributed by atoms with Crippen molar-refractivity contribution in [2.75, 3.05) is 29.4 Å². The summed E-state index contributed by atoms with van der Waals surface area (Å²) in [5, 5.41) is 3.00. The highest BCUT2D eigenvalue weighted by Crippen LogP contribution is 2.41. The van der Waals surface area contributed by atoms with E-state index in [1.165, 1.54) is 0 Å². The Balaban J connectivity index is 2.21. The lowest BCUT2D eigenvalue weighted by Gasteiger charge is -2.44. The first-order valence-corrected chi connectivity index (χ1v) is 7.07. The van der Waals surface area contributed by atoms with Crippen LogP contribution in [-0.4, -0.2) is 37.5 Å². The first kappa shape index (κ1) is 12.6. The Hall–Kier alpha value is -1.40. The molecule has 5 nitrogen and oxygen atoms in total. The van der Waals surface area contributed by atoms with E-state index < -0.39 is 6.04 Å². The lowest BCUT2D eigenvalue weighted by atomic mass is 10.0. The van der Waals surface area contributed by atoms with Crippen molar-refractivity contribution < 1.29 is 9.59 Å². The van der Waals surface area contributed by atoms with Gasteiger partial charge in [0.25, 0.3) is 5.91 Å². The molecular weight excluding hydrogens is 310 g/mol. The zero-order valence-corrected chi connectivity index (χ0v) is 12.1. The second-order valence-electron chi connectivity index (χ2n) is 4.60. The van der Waals surface area contributed by atoms with Gasteiger partial charge in [0.2, 0.25) is 5.91 Å². The third kappa shape index (κ3) is 1.78. The van der Waals surface area contributed by atoms with Crippen molar-refractivity contribution >= 4 is 39.1 Å². The van der Waals surface area contributed by atoms with E-state index in [1.807, 2.05) is 25.1 Å². The summed E-state index contributed by atoms with van der Waals surface area (Å²) in [5.74, 6) is -0.0813. The van der Waals surface area contributed by atoms with Crippen molar-refractivity contribution in [2.24, 2.45) is 0 Å². The van der Waals surface area contributed by atoms with Crippen LogP contribution in [0.2, 0.25) is 0 Å². The normalized spacial score (nSPS) is 22.3. The molecule has 2 aliphatic heterocycles. The smallest absolute Gasteiger partial charge is 0.251 e. The average Bonchev–Trinajstić information content (AvgIpc) is 2.40. The fourth-order valence-corrected chi connectivity index (χ4v) is 3.31. The number of carbonyl (C=O) groups excluding carboxylic acids is 2. The lowest BCUT2D eigenvalue weighted by molar-refractivity contribution is -0.126. The molecule has 1 saturated heterocycles. The van der Waals surface area contributed by atoms with E-state index in [0.717, 1.165) is 15.8 Å². The average molecular weight is 324 g/mol. The topological polar surface area (TPSA) is 52.7 Å². The molecule has 2 aliphatic rings. The number of fused-ring (bicyclic) bond motifs is 3. The van der Waals surface area contributed by atoms with Crippen LogP contribution in [0.3, 0.4) is 0 Å². The van der Waals surface area contributed by atoms with Crippen molar-refractivity contribution in [2.45, 2.75) is 13.0 Å². The van der Waals surface area contributed by atoms with E-state index in [1.54, 1.807) is 9.80 Å². The molecule has 0 radical (unpaired) electrons. The summed E-state index contributed by atoms with van der Waals surface area (Å²) in [7, 11) is 0. The SMILES string of the molecule is CCN1C(=O)C2CNCC(=O)N2c2cccc(Br)c21. The van der Waals surface area contributed by atoms with Crippen LogP contribution in [0, 0.1) is 0 Å². The first-order valence-electron chi connectivity index (χ1n) is 6.27. The second-order valence-corrected chi connectivity index (χ2v) is 5.45.